The predicted molar refractivity (Wildman–Crippen MR) is 93.5 cm³/mol. The summed E-state index contributed by atoms with van der Waals surface area (Å²) in [6, 6.07) is 8.28. The third-order valence-corrected chi connectivity index (χ3v) is 4.88. The second-order valence-electron chi connectivity index (χ2n) is 6.07. The van der Waals surface area contributed by atoms with Crippen molar-refractivity contribution in [2.75, 3.05) is 24.5 Å². The van der Waals surface area contributed by atoms with E-state index >= 15 is 0 Å². The van der Waals surface area contributed by atoms with Crippen LogP contribution in [-0.2, 0) is 10.2 Å². The van der Waals surface area contributed by atoms with E-state index < -0.39 is 10.2 Å². The Morgan fingerprint density at radius 2 is 1.96 bits per heavy atom. The molecular weight excluding hydrogens is 345 g/mol. The number of rotatable bonds is 5. The monoisotopic (exact) mass is 365 g/mol. The topological polar surface area (TPSA) is 101 Å². The number of benzene rings is 1. The Hall–Kier alpha value is -2.10. The molecule has 1 aliphatic heterocycles. The van der Waals surface area contributed by atoms with Crippen LogP contribution in [-0.4, -0.2) is 38.0 Å². The molecule has 2 aromatic rings. The summed E-state index contributed by atoms with van der Waals surface area (Å²) in [5.74, 6) is 0.661. The average Bonchev–Trinajstić information content (AvgIpc) is 2.60. The largest absolute Gasteiger partial charge is 0.356 e. The molecule has 0 spiro atoms. The first-order valence-electron chi connectivity index (χ1n) is 8.01. The quantitative estimate of drug-likeness (QED) is 0.831. The van der Waals surface area contributed by atoms with Crippen LogP contribution in [0.2, 0.25) is 0 Å². The fourth-order valence-electron chi connectivity index (χ4n) is 2.94. The smallest absolute Gasteiger partial charge is 0.274 e. The molecule has 0 bridgehead atoms. The van der Waals surface area contributed by atoms with E-state index in [0.717, 1.165) is 31.7 Å². The molecule has 0 aliphatic carbocycles. The molecule has 9 heteroatoms. The molecule has 0 atom stereocenters. The van der Waals surface area contributed by atoms with Crippen LogP contribution in [0.1, 0.15) is 12.8 Å². The summed E-state index contributed by atoms with van der Waals surface area (Å²) in [4.78, 5) is 10.6. The Morgan fingerprint density at radius 1 is 1.24 bits per heavy atom. The molecular formula is C16H20FN5O2S. The number of halogens is 1. The summed E-state index contributed by atoms with van der Waals surface area (Å²) < 4.78 is 38.2. The Morgan fingerprint density at radius 3 is 2.64 bits per heavy atom. The summed E-state index contributed by atoms with van der Waals surface area (Å²) in [7, 11) is -3.65. The van der Waals surface area contributed by atoms with Crippen molar-refractivity contribution in [3.63, 3.8) is 0 Å². The molecule has 2 heterocycles. The number of nitrogens with two attached hydrogens (primary N) is 1. The van der Waals surface area contributed by atoms with Gasteiger partial charge in [-0.05, 0) is 30.9 Å². The van der Waals surface area contributed by atoms with E-state index in [4.69, 9.17) is 5.14 Å². The van der Waals surface area contributed by atoms with Crippen LogP contribution in [0.25, 0.3) is 11.3 Å². The number of piperidine rings is 1. The molecule has 3 rings (SSSR count). The van der Waals surface area contributed by atoms with Crippen LogP contribution in [0, 0.1) is 11.7 Å². The maximum Gasteiger partial charge on any atom is 0.274 e. The summed E-state index contributed by atoms with van der Waals surface area (Å²) in [6.45, 7) is 1.83. The van der Waals surface area contributed by atoms with Gasteiger partial charge in [0.25, 0.3) is 10.2 Å². The molecule has 1 fully saturated rings. The van der Waals surface area contributed by atoms with E-state index in [0.29, 0.717) is 17.8 Å². The van der Waals surface area contributed by atoms with Gasteiger partial charge in [-0.2, -0.15) is 8.42 Å². The minimum atomic E-state index is -3.65. The summed E-state index contributed by atoms with van der Waals surface area (Å²) >= 11 is 0. The predicted octanol–water partition coefficient (Wildman–Crippen LogP) is 1.29. The van der Waals surface area contributed by atoms with E-state index in [-0.39, 0.29) is 11.7 Å². The lowest BCUT2D eigenvalue weighted by atomic mass is 9.97. The fraction of sp³-hybridized carbons (Fsp3) is 0.375. The summed E-state index contributed by atoms with van der Waals surface area (Å²) in [5, 5.41) is 4.96. The maximum atomic E-state index is 13.9. The molecule has 0 radical (unpaired) electrons. The van der Waals surface area contributed by atoms with Crippen LogP contribution in [0.3, 0.4) is 0 Å². The third-order valence-electron chi connectivity index (χ3n) is 4.31. The van der Waals surface area contributed by atoms with Crippen LogP contribution >= 0.6 is 0 Å². The molecule has 0 unspecified atom stereocenters. The highest BCUT2D eigenvalue weighted by Crippen LogP contribution is 2.26. The molecule has 0 amide bonds. The number of nitrogens with zero attached hydrogens (tertiary/aromatic N) is 3. The van der Waals surface area contributed by atoms with E-state index in [1.807, 2.05) is 0 Å². The van der Waals surface area contributed by atoms with Crippen molar-refractivity contribution in [2.45, 2.75) is 12.8 Å². The Balaban J connectivity index is 1.66. The van der Waals surface area contributed by atoms with Gasteiger partial charge < -0.3 is 4.90 Å². The molecule has 134 valence electrons. The average molecular weight is 365 g/mol. The third kappa shape index (κ3) is 4.71. The second-order valence-corrected chi connectivity index (χ2v) is 7.44. The first-order chi connectivity index (χ1) is 11.9. The van der Waals surface area contributed by atoms with Crippen LogP contribution < -0.4 is 14.8 Å². The molecule has 1 saturated heterocycles. The molecule has 3 N–H and O–H groups in total. The van der Waals surface area contributed by atoms with Crippen LogP contribution in [0.4, 0.5) is 10.2 Å². The van der Waals surface area contributed by atoms with Crippen LogP contribution in [0.15, 0.2) is 36.7 Å². The lowest BCUT2D eigenvalue weighted by Crippen LogP contribution is -2.40. The van der Waals surface area contributed by atoms with Crippen molar-refractivity contribution in [3.8, 4) is 11.3 Å². The van der Waals surface area contributed by atoms with Crippen molar-refractivity contribution >= 4 is 16.0 Å². The first kappa shape index (κ1) is 17.7. The van der Waals surface area contributed by atoms with Gasteiger partial charge in [0.15, 0.2) is 0 Å². The summed E-state index contributed by atoms with van der Waals surface area (Å²) in [6.07, 6.45) is 3.08. The van der Waals surface area contributed by atoms with Gasteiger partial charge in [-0.3, -0.25) is 0 Å². The molecule has 7 nitrogen and oxygen atoms in total. The fourth-order valence-corrected chi connectivity index (χ4v) is 3.40. The number of anilines is 1. The van der Waals surface area contributed by atoms with Gasteiger partial charge >= 0.3 is 0 Å². The van der Waals surface area contributed by atoms with Crippen molar-refractivity contribution in [2.24, 2.45) is 11.1 Å². The van der Waals surface area contributed by atoms with Gasteiger partial charge in [-0.1, -0.05) is 12.1 Å². The van der Waals surface area contributed by atoms with E-state index in [9.17, 15) is 12.8 Å². The van der Waals surface area contributed by atoms with Gasteiger partial charge in [0.05, 0.1) is 5.69 Å². The molecule has 1 aliphatic rings. The minimum absolute atomic E-state index is 0.238. The number of aromatic nitrogens is 2. The zero-order chi connectivity index (χ0) is 17.9. The van der Waals surface area contributed by atoms with E-state index in [2.05, 4.69) is 19.6 Å². The Kier molecular flexibility index (Phi) is 5.26. The standard InChI is InChI=1S/C16H20FN5O2S/c17-14-4-2-1-3-13(14)15-9-16(20-11-19-15)22-7-5-12(6-8-22)10-21-25(18,23)24/h1-4,9,11-12,21H,5-8,10H2,(H2,18,23,24). The lowest BCUT2D eigenvalue weighted by Gasteiger charge is -2.32. The van der Waals surface area contributed by atoms with Gasteiger partial charge in [0.2, 0.25) is 0 Å². The molecule has 1 aromatic heterocycles. The minimum Gasteiger partial charge on any atom is -0.356 e. The highest BCUT2D eigenvalue weighted by molar-refractivity contribution is 7.87. The number of hydrogen-bond donors (Lipinski definition) is 2. The summed E-state index contributed by atoms with van der Waals surface area (Å²) in [5.41, 5.74) is 0.986. The molecule has 0 saturated carbocycles. The van der Waals surface area contributed by atoms with Gasteiger partial charge in [-0.25, -0.2) is 24.2 Å². The number of nitrogens with one attached hydrogen (secondary N) is 1. The second kappa shape index (κ2) is 7.42. The van der Waals surface area contributed by atoms with E-state index in [1.165, 1.54) is 12.4 Å². The van der Waals surface area contributed by atoms with E-state index in [1.54, 1.807) is 24.3 Å². The molecule has 25 heavy (non-hydrogen) atoms. The van der Waals surface area contributed by atoms with Crippen molar-refractivity contribution < 1.29 is 12.8 Å². The zero-order valence-corrected chi connectivity index (χ0v) is 14.4. The first-order valence-corrected chi connectivity index (χ1v) is 9.56. The molecule has 1 aromatic carbocycles. The normalized spacial score (nSPS) is 16.2. The lowest BCUT2D eigenvalue weighted by molar-refractivity contribution is 0.400. The number of hydrogen-bond acceptors (Lipinski definition) is 5. The van der Waals surface area contributed by atoms with Gasteiger partial charge in [-0.15, -0.1) is 0 Å². The zero-order valence-electron chi connectivity index (χ0n) is 13.6. The van der Waals surface area contributed by atoms with Gasteiger partial charge in [0, 0.05) is 31.3 Å². The Bertz CT molecular complexity index is 838. The maximum absolute atomic E-state index is 13.9. The SMILES string of the molecule is NS(=O)(=O)NCC1CCN(c2cc(-c3ccccc3F)ncn2)CC1. The highest BCUT2D eigenvalue weighted by atomic mass is 32.2. The van der Waals surface area contributed by atoms with Crippen LogP contribution in [0.5, 0.6) is 0 Å². The van der Waals surface area contributed by atoms with Crippen molar-refractivity contribution in [1.82, 2.24) is 14.7 Å². The van der Waals surface area contributed by atoms with Crippen molar-refractivity contribution in [3.05, 3.63) is 42.5 Å². The van der Waals surface area contributed by atoms with Crippen molar-refractivity contribution in [1.29, 1.82) is 0 Å². The highest BCUT2D eigenvalue weighted by Gasteiger charge is 2.21. The Labute approximate surface area is 146 Å². The van der Waals surface area contributed by atoms with Gasteiger partial charge in [0.1, 0.15) is 18.0 Å².